The molecule has 3 aromatic rings. The van der Waals surface area contributed by atoms with Gasteiger partial charge in [0.05, 0.1) is 47.5 Å². The van der Waals surface area contributed by atoms with Gasteiger partial charge in [-0.05, 0) is 61.6 Å². The van der Waals surface area contributed by atoms with E-state index in [9.17, 15) is 28.7 Å². The molecule has 0 radical (unpaired) electrons. The summed E-state index contributed by atoms with van der Waals surface area (Å²) in [5, 5.41) is 11.0. The van der Waals surface area contributed by atoms with Crippen LogP contribution in [0.3, 0.4) is 0 Å². The highest BCUT2D eigenvalue weighted by Crippen LogP contribution is 2.65. The summed E-state index contributed by atoms with van der Waals surface area (Å²) in [6.45, 7) is 1.84. The smallest absolute Gasteiger partial charge is 0.241 e. The van der Waals surface area contributed by atoms with E-state index in [0.717, 1.165) is 22.1 Å². The maximum absolute atomic E-state index is 14.5. The molecule has 2 saturated heterocycles. The van der Waals surface area contributed by atoms with Crippen molar-refractivity contribution < 1.29 is 33.4 Å². The molecular weight excluding hydrogens is 599 g/mol. The molecule has 1 N–H and O–H groups in total. The molecule has 0 bridgehead atoms. The number of likely N-dealkylation sites (tertiary alicyclic amines) is 1. The van der Waals surface area contributed by atoms with Crippen molar-refractivity contribution in [1.29, 1.82) is 0 Å². The van der Waals surface area contributed by atoms with Crippen LogP contribution in [0, 0.1) is 34.9 Å². The monoisotopic (exact) mass is 628 g/mol. The first-order valence-electron chi connectivity index (χ1n) is 14.9. The first kappa shape index (κ1) is 29.2. The summed E-state index contributed by atoms with van der Waals surface area (Å²) >= 11 is 6.06. The molecule has 45 heavy (non-hydrogen) atoms. The topological polar surface area (TPSA) is 104 Å². The van der Waals surface area contributed by atoms with E-state index in [-0.39, 0.29) is 47.7 Å². The molecule has 2 aliphatic heterocycles. The number of carbonyl (C=O) groups is 4. The highest BCUT2D eigenvalue weighted by atomic mass is 35.5. The minimum atomic E-state index is -1.41. The maximum atomic E-state index is 14.5. The second-order valence-electron chi connectivity index (χ2n) is 12.4. The van der Waals surface area contributed by atoms with Crippen molar-refractivity contribution in [1.82, 2.24) is 4.90 Å². The molecule has 1 saturated carbocycles. The van der Waals surface area contributed by atoms with Crippen molar-refractivity contribution in [2.24, 2.45) is 29.1 Å². The van der Waals surface area contributed by atoms with E-state index in [1.54, 1.807) is 19.1 Å². The van der Waals surface area contributed by atoms with Crippen LogP contribution >= 0.6 is 11.6 Å². The molecule has 6 unspecified atom stereocenters. The predicted octanol–water partition coefficient (Wildman–Crippen LogP) is 5.62. The molecule has 8 nitrogen and oxygen atoms in total. The van der Waals surface area contributed by atoms with Crippen molar-refractivity contribution in [3.63, 3.8) is 0 Å². The largest absolute Gasteiger partial charge is 0.508 e. The lowest BCUT2D eigenvalue weighted by atomic mass is 9.51. The van der Waals surface area contributed by atoms with E-state index in [1.165, 1.54) is 30.2 Å². The highest BCUT2D eigenvalue weighted by Gasteiger charge is 2.68. The summed E-state index contributed by atoms with van der Waals surface area (Å²) < 4.78 is 19.8. The summed E-state index contributed by atoms with van der Waals surface area (Å²) in [4.78, 5) is 58.9. The van der Waals surface area contributed by atoms with Crippen LogP contribution in [0.2, 0.25) is 5.02 Å². The highest BCUT2D eigenvalue weighted by molar-refractivity contribution is 6.31. The number of amides is 4. The average molecular weight is 629 g/mol. The number of carbonyl (C=O) groups excluding carboxylic acids is 4. The number of halogens is 2. The Balaban J connectivity index is 1.37. The zero-order valence-corrected chi connectivity index (χ0v) is 25.3. The molecule has 6 atom stereocenters. The van der Waals surface area contributed by atoms with E-state index >= 15 is 0 Å². The third-order valence-corrected chi connectivity index (χ3v) is 10.6. The average Bonchev–Trinajstić information content (AvgIpc) is 3.39. The summed E-state index contributed by atoms with van der Waals surface area (Å²) in [5.74, 6) is -5.77. The Labute approximate surface area is 264 Å². The van der Waals surface area contributed by atoms with Gasteiger partial charge in [0.1, 0.15) is 17.3 Å². The van der Waals surface area contributed by atoms with Crippen LogP contribution in [0.25, 0.3) is 0 Å². The number of allylic oxidation sites excluding steroid dienone is 2. The number of nitrogens with zero attached hydrogens (tertiary/aromatic N) is 2. The molecule has 230 valence electrons. The fraction of sp³-hybridized carbons (Fsp3) is 0.314. The standard InChI is InChI=1S/C35H30ClFN2O6/c1-35-23(32(42)39(34(35)44)19-11-14-25(37)24(36)15-19)16-22-20(30(35)29-26(40)9-6-10-27(29)45-2)12-13-21-28(22)33(43)38(31(21)41)17-18-7-4-3-5-8-18/h3-12,14-15,21-23,28,30,40H,13,16-17H2,1-2H3. The van der Waals surface area contributed by atoms with Gasteiger partial charge in [0.15, 0.2) is 0 Å². The Morgan fingerprint density at radius 3 is 2.44 bits per heavy atom. The SMILES string of the molecule is COc1cccc(O)c1C1C2=CCC3C(=O)N(Cc4ccccc4)C(=O)C3C2CC2C(=O)N(c3ccc(F)c(Cl)c3)C(=O)C21C. The first-order chi connectivity index (χ1) is 21.6. The van der Waals surface area contributed by atoms with E-state index in [0.29, 0.717) is 11.3 Å². The minimum Gasteiger partial charge on any atom is -0.508 e. The van der Waals surface area contributed by atoms with Crippen molar-refractivity contribution in [3.8, 4) is 11.5 Å². The number of phenols is 1. The lowest BCUT2D eigenvalue weighted by Gasteiger charge is -2.49. The van der Waals surface area contributed by atoms with Crippen LogP contribution in [-0.4, -0.2) is 40.7 Å². The molecule has 2 aliphatic carbocycles. The van der Waals surface area contributed by atoms with Crippen molar-refractivity contribution in [2.75, 3.05) is 12.0 Å². The molecule has 0 aromatic heterocycles. The number of ether oxygens (including phenoxy) is 1. The fourth-order valence-electron chi connectivity index (χ4n) is 8.18. The van der Waals surface area contributed by atoms with Crippen LogP contribution in [0.4, 0.5) is 10.1 Å². The number of hydrogen-bond donors (Lipinski definition) is 1. The molecule has 0 spiro atoms. The molecule has 2 heterocycles. The molecule has 3 fully saturated rings. The number of rotatable bonds is 5. The summed E-state index contributed by atoms with van der Waals surface area (Å²) in [6, 6.07) is 17.7. The van der Waals surface area contributed by atoms with Crippen LogP contribution in [0.1, 0.15) is 36.8 Å². The van der Waals surface area contributed by atoms with Crippen molar-refractivity contribution in [3.05, 3.63) is 100 Å². The maximum Gasteiger partial charge on any atom is 0.241 e. The number of methoxy groups -OCH3 is 1. The molecule has 4 aliphatic rings. The number of aromatic hydroxyl groups is 1. The van der Waals surface area contributed by atoms with Crippen molar-refractivity contribution in [2.45, 2.75) is 32.2 Å². The van der Waals surface area contributed by atoms with Gasteiger partial charge in [0, 0.05) is 11.5 Å². The number of anilines is 1. The summed E-state index contributed by atoms with van der Waals surface area (Å²) in [5.41, 5.74) is 0.599. The molecule has 10 heteroatoms. The van der Waals surface area contributed by atoms with Gasteiger partial charge in [-0.3, -0.25) is 24.1 Å². The van der Waals surface area contributed by atoms with E-state index in [1.807, 2.05) is 36.4 Å². The van der Waals surface area contributed by atoms with Gasteiger partial charge < -0.3 is 9.84 Å². The molecule has 3 aromatic carbocycles. The third kappa shape index (κ3) is 4.16. The number of hydrogen-bond acceptors (Lipinski definition) is 6. The zero-order chi connectivity index (χ0) is 31.8. The third-order valence-electron chi connectivity index (χ3n) is 10.3. The lowest BCUT2D eigenvalue weighted by molar-refractivity contribution is -0.141. The Hall–Kier alpha value is -4.50. The van der Waals surface area contributed by atoms with E-state index < -0.39 is 52.6 Å². The number of fused-ring (bicyclic) bond motifs is 4. The fourth-order valence-corrected chi connectivity index (χ4v) is 8.36. The Morgan fingerprint density at radius 2 is 1.73 bits per heavy atom. The van der Waals surface area contributed by atoms with Crippen molar-refractivity contribution >= 4 is 40.9 Å². The van der Waals surface area contributed by atoms with E-state index in [2.05, 4.69) is 0 Å². The van der Waals surface area contributed by atoms with Gasteiger partial charge in [0.2, 0.25) is 23.6 Å². The summed E-state index contributed by atoms with van der Waals surface area (Å²) in [7, 11) is 1.46. The van der Waals surface area contributed by atoms with Crippen LogP contribution in [0.5, 0.6) is 11.5 Å². The Morgan fingerprint density at radius 1 is 0.978 bits per heavy atom. The van der Waals surface area contributed by atoms with Gasteiger partial charge in [-0.15, -0.1) is 0 Å². The lowest BCUT2D eigenvalue weighted by Crippen LogP contribution is -2.49. The van der Waals surface area contributed by atoms with Crippen LogP contribution in [0.15, 0.2) is 78.4 Å². The van der Waals surface area contributed by atoms with Gasteiger partial charge in [-0.1, -0.05) is 59.6 Å². The van der Waals surface area contributed by atoms with Crippen LogP contribution in [-0.2, 0) is 25.7 Å². The number of phenolic OH excluding ortho intramolecular Hbond substituents is 1. The molecule has 4 amide bonds. The second kappa shape index (κ2) is 10.5. The van der Waals surface area contributed by atoms with Gasteiger partial charge in [0.25, 0.3) is 0 Å². The van der Waals surface area contributed by atoms with E-state index in [4.69, 9.17) is 16.3 Å². The predicted molar refractivity (Wildman–Crippen MR) is 163 cm³/mol. The first-order valence-corrected chi connectivity index (χ1v) is 15.2. The Kier molecular flexibility index (Phi) is 6.85. The minimum absolute atomic E-state index is 0.119. The quantitative estimate of drug-likeness (QED) is 0.290. The van der Waals surface area contributed by atoms with Crippen LogP contribution < -0.4 is 9.64 Å². The Bertz CT molecular complexity index is 1810. The number of imide groups is 2. The zero-order valence-electron chi connectivity index (χ0n) is 24.6. The molecule has 7 rings (SSSR count). The number of benzene rings is 3. The van der Waals surface area contributed by atoms with Gasteiger partial charge in [-0.25, -0.2) is 9.29 Å². The van der Waals surface area contributed by atoms with Gasteiger partial charge >= 0.3 is 0 Å². The molecular formula is C35H30ClFN2O6. The summed E-state index contributed by atoms with van der Waals surface area (Å²) in [6.07, 6.45) is 2.33. The normalized spacial score (nSPS) is 29.0. The van der Waals surface area contributed by atoms with Gasteiger partial charge in [-0.2, -0.15) is 0 Å². The second-order valence-corrected chi connectivity index (χ2v) is 12.8.